The van der Waals surface area contributed by atoms with Crippen molar-refractivity contribution in [3.05, 3.63) is 0 Å². The Morgan fingerprint density at radius 2 is 2.15 bits per heavy atom. The van der Waals surface area contributed by atoms with Gasteiger partial charge in [-0.15, -0.1) is 0 Å². The van der Waals surface area contributed by atoms with Crippen LogP contribution in [0.4, 0.5) is 0 Å². The summed E-state index contributed by atoms with van der Waals surface area (Å²) in [5, 5.41) is 8.98. The lowest BCUT2D eigenvalue weighted by atomic mass is 10.0. The Labute approximate surface area is 121 Å². The highest BCUT2D eigenvalue weighted by Crippen LogP contribution is 2.18. The molecule has 0 aliphatic carbocycles. The summed E-state index contributed by atoms with van der Waals surface area (Å²) in [6.45, 7) is 5.47. The molecule has 1 heterocycles. The number of likely N-dealkylation sites (N-methyl/N-ethyl adjacent to an activating group) is 1. The van der Waals surface area contributed by atoms with Gasteiger partial charge < -0.3 is 10.0 Å². The van der Waals surface area contributed by atoms with Crippen LogP contribution in [-0.2, 0) is 15.0 Å². The van der Waals surface area contributed by atoms with Gasteiger partial charge in [-0.05, 0) is 33.7 Å². The summed E-state index contributed by atoms with van der Waals surface area (Å²) in [4.78, 5) is 13.0. The normalized spacial score (nSPS) is 21.6. The van der Waals surface area contributed by atoms with Crippen LogP contribution < -0.4 is 4.72 Å². The molecular weight excluding hydrogens is 282 g/mol. The fourth-order valence-corrected chi connectivity index (χ4v) is 3.34. The summed E-state index contributed by atoms with van der Waals surface area (Å²) < 4.78 is 28.0. The third kappa shape index (κ3) is 5.01. The summed E-state index contributed by atoms with van der Waals surface area (Å²) in [5.41, 5.74) is 0. The van der Waals surface area contributed by atoms with Crippen LogP contribution in [0.15, 0.2) is 0 Å². The number of nitrogens with one attached hydrogen (secondary N) is 1. The first-order valence-corrected chi connectivity index (χ1v) is 8.36. The molecule has 0 radical (unpaired) electrons. The first-order valence-electron chi connectivity index (χ1n) is 6.92. The zero-order valence-corrected chi connectivity index (χ0v) is 13.2. The van der Waals surface area contributed by atoms with E-state index in [0.29, 0.717) is 38.5 Å². The zero-order chi connectivity index (χ0) is 15.3. The predicted molar refractivity (Wildman–Crippen MR) is 76.6 cm³/mol. The maximum absolute atomic E-state index is 12.1. The van der Waals surface area contributed by atoms with E-state index in [1.165, 1.54) is 4.31 Å². The largest absolute Gasteiger partial charge is 0.481 e. The summed E-state index contributed by atoms with van der Waals surface area (Å²) >= 11 is 0. The molecule has 1 aliphatic heterocycles. The molecule has 0 amide bonds. The molecule has 1 saturated heterocycles. The van der Waals surface area contributed by atoms with E-state index in [2.05, 4.69) is 4.72 Å². The summed E-state index contributed by atoms with van der Waals surface area (Å²) in [6.07, 6.45) is 1.13. The van der Waals surface area contributed by atoms with E-state index in [4.69, 9.17) is 5.11 Å². The van der Waals surface area contributed by atoms with E-state index in [1.54, 1.807) is 0 Å². The van der Waals surface area contributed by atoms with Gasteiger partial charge in [0.25, 0.3) is 10.2 Å². The van der Waals surface area contributed by atoms with Crippen LogP contribution in [0.25, 0.3) is 0 Å². The van der Waals surface area contributed by atoms with Crippen molar-refractivity contribution in [3.63, 3.8) is 0 Å². The maximum atomic E-state index is 12.1. The molecule has 0 bridgehead atoms. The lowest BCUT2D eigenvalue weighted by Gasteiger charge is -2.30. The SMILES string of the molecule is CC(C)N(C)CCNS(=O)(=O)N1CCCC(C(=O)O)C1. The third-order valence-corrected chi connectivity index (χ3v) is 5.28. The fourth-order valence-electron chi connectivity index (χ4n) is 2.06. The quantitative estimate of drug-likeness (QED) is 0.689. The average Bonchev–Trinajstić information content (AvgIpc) is 2.38. The fraction of sp³-hybridized carbons (Fsp3) is 0.917. The minimum Gasteiger partial charge on any atom is -0.481 e. The standard InChI is InChI=1S/C12H25N3O4S/c1-10(2)14(3)8-6-13-20(18,19)15-7-4-5-11(9-15)12(16)17/h10-11,13H,4-9H2,1-3H3,(H,16,17). The number of carbonyl (C=O) groups is 1. The Morgan fingerprint density at radius 1 is 1.50 bits per heavy atom. The van der Waals surface area contributed by atoms with Gasteiger partial charge in [0.15, 0.2) is 0 Å². The molecule has 0 saturated carbocycles. The third-order valence-electron chi connectivity index (χ3n) is 3.70. The minimum absolute atomic E-state index is 0.0602. The molecule has 0 spiro atoms. The lowest BCUT2D eigenvalue weighted by Crippen LogP contribution is -2.48. The van der Waals surface area contributed by atoms with Gasteiger partial charge in [0.2, 0.25) is 0 Å². The number of piperidine rings is 1. The molecule has 0 aromatic rings. The van der Waals surface area contributed by atoms with Crippen LogP contribution in [0.3, 0.4) is 0 Å². The molecule has 1 rings (SSSR count). The molecule has 20 heavy (non-hydrogen) atoms. The van der Waals surface area contributed by atoms with Crippen LogP contribution >= 0.6 is 0 Å². The van der Waals surface area contributed by atoms with Gasteiger partial charge in [-0.2, -0.15) is 12.7 Å². The van der Waals surface area contributed by atoms with Crippen LogP contribution in [0.2, 0.25) is 0 Å². The highest BCUT2D eigenvalue weighted by atomic mass is 32.2. The van der Waals surface area contributed by atoms with Crippen LogP contribution in [0.5, 0.6) is 0 Å². The number of hydrogen-bond donors (Lipinski definition) is 2. The molecular formula is C12H25N3O4S. The highest BCUT2D eigenvalue weighted by molar-refractivity contribution is 7.87. The Balaban J connectivity index is 2.49. The van der Waals surface area contributed by atoms with Crippen molar-refractivity contribution >= 4 is 16.2 Å². The number of nitrogens with zero attached hydrogens (tertiary/aromatic N) is 2. The van der Waals surface area contributed by atoms with Crippen molar-refractivity contribution in [2.45, 2.75) is 32.7 Å². The van der Waals surface area contributed by atoms with Gasteiger partial charge in [0.1, 0.15) is 0 Å². The van der Waals surface area contributed by atoms with E-state index in [1.807, 2.05) is 25.8 Å². The Kier molecular flexibility index (Phi) is 6.38. The van der Waals surface area contributed by atoms with Crippen molar-refractivity contribution in [3.8, 4) is 0 Å². The monoisotopic (exact) mass is 307 g/mol. The van der Waals surface area contributed by atoms with E-state index >= 15 is 0 Å². The molecule has 0 aromatic heterocycles. The molecule has 8 heteroatoms. The Bertz CT molecular complexity index is 424. The molecule has 7 nitrogen and oxygen atoms in total. The molecule has 0 aromatic carbocycles. The minimum atomic E-state index is -3.58. The van der Waals surface area contributed by atoms with Gasteiger partial charge in [0, 0.05) is 32.2 Å². The molecule has 1 aliphatic rings. The predicted octanol–water partition coefficient (Wildman–Crippen LogP) is -0.0424. The van der Waals surface area contributed by atoms with Crippen LogP contribution in [-0.4, -0.2) is 68.0 Å². The molecule has 2 N–H and O–H groups in total. The highest BCUT2D eigenvalue weighted by Gasteiger charge is 2.31. The second kappa shape index (κ2) is 7.35. The van der Waals surface area contributed by atoms with E-state index in [-0.39, 0.29) is 6.54 Å². The number of carboxylic acids is 1. The maximum Gasteiger partial charge on any atom is 0.307 e. The van der Waals surface area contributed by atoms with Crippen molar-refractivity contribution < 1.29 is 18.3 Å². The van der Waals surface area contributed by atoms with Crippen molar-refractivity contribution in [2.24, 2.45) is 5.92 Å². The number of rotatable bonds is 7. The molecule has 118 valence electrons. The Hall–Kier alpha value is -0.700. The topological polar surface area (TPSA) is 90.0 Å². The molecule has 1 unspecified atom stereocenters. The van der Waals surface area contributed by atoms with E-state index < -0.39 is 22.1 Å². The van der Waals surface area contributed by atoms with Gasteiger partial charge in [-0.1, -0.05) is 0 Å². The second-order valence-electron chi connectivity index (χ2n) is 5.51. The number of aliphatic carboxylic acids is 1. The zero-order valence-electron chi connectivity index (χ0n) is 12.4. The van der Waals surface area contributed by atoms with Crippen molar-refractivity contribution in [1.29, 1.82) is 0 Å². The number of carboxylic acid groups (broad SMARTS) is 1. The second-order valence-corrected chi connectivity index (χ2v) is 7.26. The average molecular weight is 307 g/mol. The van der Waals surface area contributed by atoms with Crippen LogP contribution in [0.1, 0.15) is 26.7 Å². The van der Waals surface area contributed by atoms with Gasteiger partial charge in [-0.3, -0.25) is 4.79 Å². The first kappa shape index (κ1) is 17.4. The van der Waals surface area contributed by atoms with E-state index in [9.17, 15) is 13.2 Å². The van der Waals surface area contributed by atoms with Gasteiger partial charge in [-0.25, -0.2) is 4.72 Å². The molecule has 1 atom stereocenters. The summed E-state index contributed by atoms with van der Waals surface area (Å²) in [7, 11) is -1.65. The lowest BCUT2D eigenvalue weighted by molar-refractivity contribution is -0.142. The first-order chi connectivity index (χ1) is 9.24. The van der Waals surface area contributed by atoms with Crippen molar-refractivity contribution in [1.82, 2.24) is 13.9 Å². The van der Waals surface area contributed by atoms with Crippen LogP contribution in [0, 0.1) is 5.92 Å². The van der Waals surface area contributed by atoms with Crippen molar-refractivity contribution in [2.75, 3.05) is 33.2 Å². The smallest absolute Gasteiger partial charge is 0.307 e. The van der Waals surface area contributed by atoms with Gasteiger partial charge >= 0.3 is 5.97 Å². The van der Waals surface area contributed by atoms with E-state index in [0.717, 1.165) is 0 Å². The summed E-state index contributed by atoms with van der Waals surface area (Å²) in [6, 6.07) is 0.353. The molecule has 1 fully saturated rings. The summed E-state index contributed by atoms with van der Waals surface area (Å²) in [5.74, 6) is -1.52. The van der Waals surface area contributed by atoms with Gasteiger partial charge in [0.05, 0.1) is 5.92 Å². The number of hydrogen-bond acceptors (Lipinski definition) is 4. The Morgan fingerprint density at radius 3 is 2.70 bits per heavy atom.